The smallest absolute Gasteiger partial charge is 0.460 e. The first-order valence-electron chi connectivity index (χ1n) is 27.6. The summed E-state index contributed by atoms with van der Waals surface area (Å²) in [5, 5.41) is 21.0. The molecule has 2 N–H and O–H groups in total. The summed E-state index contributed by atoms with van der Waals surface area (Å²) in [6.45, 7) is 22.9. The summed E-state index contributed by atoms with van der Waals surface area (Å²) in [5.41, 5.74) is 6.22. The highest BCUT2D eigenvalue weighted by Crippen LogP contribution is 2.44. The Hall–Kier alpha value is -5.64. The summed E-state index contributed by atoms with van der Waals surface area (Å²) < 4.78 is 104. The second-order valence-corrected chi connectivity index (χ2v) is 28.0. The van der Waals surface area contributed by atoms with Gasteiger partial charge in [0.25, 0.3) is 0 Å². The highest BCUT2D eigenvalue weighted by Gasteiger charge is 2.38. The van der Waals surface area contributed by atoms with E-state index >= 15 is 0 Å². The van der Waals surface area contributed by atoms with E-state index in [1.165, 1.54) is 45.2 Å². The lowest BCUT2D eigenvalue weighted by atomic mass is 9.87. The Bertz CT molecular complexity index is 3190. The van der Waals surface area contributed by atoms with Crippen LogP contribution in [0, 0.1) is 11.6 Å². The summed E-state index contributed by atoms with van der Waals surface area (Å²) >= 11 is 0. The molecule has 7 rings (SSSR count). The third-order valence-electron chi connectivity index (χ3n) is 13.4. The maximum atomic E-state index is 14.0. The molecule has 3 aliphatic heterocycles. The van der Waals surface area contributed by atoms with Gasteiger partial charge in [-0.2, -0.15) is 0 Å². The van der Waals surface area contributed by atoms with Crippen LogP contribution in [0.5, 0.6) is 0 Å². The molecular weight excluding hydrogens is 1080 g/mol. The molecule has 81 heavy (non-hydrogen) atoms. The molecule has 0 amide bonds. The van der Waals surface area contributed by atoms with Crippen molar-refractivity contribution in [3.63, 3.8) is 0 Å². The fourth-order valence-corrected chi connectivity index (χ4v) is 12.2. The van der Waals surface area contributed by atoms with Gasteiger partial charge in [0.1, 0.15) is 34.5 Å². The molecular formula is C61H83F2N4O12S2+. The van der Waals surface area contributed by atoms with Crippen molar-refractivity contribution in [2.24, 2.45) is 0 Å². The molecule has 0 saturated carbocycles. The van der Waals surface area contributed by atoms with E-state index in [1.807, 2.05) is 74.5 Å². The van der Waals surface area contributed by atoms with Gasteiger partial charge in [0, 0.05) is 48.2 Å². The summed E-state index contributed by atoms with van der Waals surface area (Å²) in [5.74, 6) is -1.89. The van der Waals surface area contributed by atoms with Crippen LogP contribution in [-0.2, 0) is 61.4 Å². The normalized spacial score (nSPS) is 18.6. The van der Waals surface area contributed by atoms with Gasteiger partial charge in [0.2, 0.25) is 20.0 Å². The number of carbonyl (C=O) groups is 2. The second-order valence-electron chi connectivity index (χ2n) is 24.2. The number of anilines is 2. The first-order chi connectivity index (χ1) is 37.5. The minimum atomic E-state index is -3.57. The molecule has 3 aliphatic rings. The number of aromatic nitrogens is 2. The van der Waals surface area contributed by atoms with Crippen molar-refractivity contribution in [2.75, 3.05) is 34.2 Å². The molecule has 2 aromatic carbocycles. The van der Waals surface area contributed by atoms with E-state index < -0.39 is 67.1 Å². The Morgan fingerprint density at radius 1 is 0.728 bits per heavy atom. The number of fused-ring (bicyclic) bond motifs is 2. The second kappa shape index (κ2) is 25.9. The quantitative estimate of drug-likeness (QED) is 0.1000. The number of carbonyl (C=O) groups excluding carboxylic acids is 2. The molecule has 1 fully saturated rings. The molecule has 5 heterocycles. The van der Waals surface area contributed by atoms with Crippen LogP contribution in [0.1, 0.15) is 169 Å². The number of hydrogen-bond donors (Lipinski definition) is 2. The number of ether oxygens (including phenoxy) is 4. The molecule has 4 aromatic rings. The third kappa shape index (κ3) is 17.7. The fraction of sp³-hybridized carbons (Fsp3) is 0.541. The van der Waals surface area contributed by atoms with E-state index in [0.29, 0.717) is 73.7 Å². The topological polar surface area (TPSA) is 212 Å². The number of sulfonamides is 2. The Kier molecular flexibility index (Phi) is 20.6. The number of benzene rings is 2. The number of rotatable bonds is 16. The average Bonchev–Trinajstić information content (AvgIpc) is 3.32. The van der Waals surface area contributed by atoms with Gasteiger partial charge in [0.05, 0.1) is 61.2 Å². The maximum absolute atomic E-state index is 14.0. The van der Waals surface area contributed by atoms with Gasteiger partial charge in [-0.25, -0.2) is 35.6 Å². The first-order valence-corrected chi connectivity index (χ1v) is 31.3. The van der Waals surface area contributed by atoms with Crippen LogP contribution in [-0.4, -0.2) is 116 Å². The molecule has 20 heteroatoms. The number of aliphatic hydroxyl groups is 2. The number of hydrogen-bond acceptors (Lipinski definition) is 14. The molecule has 4 atom stereocenters. The van der Waals surface area contributed by atoms with E-state index in [0.717, 1.165) is 45.3 Å². The zero-order valence-corrected chi connectivity index (χ0v) is 50.9. The lowest BCUT2D eigenvalue weighted by molar-refractivity contribution is -0.290. The summed E-state index contributed by atoms with van der Waals surface area (Å²) in [6.07, 6.45) is 9.24. The highest BCUT2D eigenvalue weighted by atomic mass is 32.2. The van der Waals surface area contributed by atoms with E-state index in [9.17, 15) is 45.4 Å². The van der Waals surface area contributed by atoms with Crippen LogP contribution in [0.3, 0.4) is 0 Å². The first kappa shape index (κ1) is 64.5. The lowest BCUT2D eigenvalue weighted by Gasteiger charge is -2.40. The van der Waals surface area contributed by atoms with Crippen LogP contribution in [0.4, 0.5) is 20.4 Å². The van der Waals surface area contributed by atoms with Gasteiger partial charge in [-0.05, 0) is 139 Å². The van der Waals surface area contributed by atoms with E-state index in [1.54, 1.807) is 51.1 Å². The lowest BCUT2D eigenvalue weighted by Crippen LogP contribution is -2.45. The van der Waals surface area contributed by atoms with Gasteiger partial charge in [-0.1, -0.05) is 76.3 Å². The van der Waals surface area contributed by atoms with Crippen molar-refractivity contribution in [3.05, 3.63) is 106 Å². The predicted molar refractivity (Wildman–Crippen MR) is 314 cm³/mol. The standard InChI is InChI=1S/C32H43FN2O6S.C29H39FN2O6S/c1-20(2)29-25(16-15-23-18-24(40-32(6,7)39-23)19-27(36)41-31(3,4)5)28(21-11-13-22(33)14-12-21)26-10-9-17-35(30(26)34-29)42(8,37)38;1-18(2)27-23(14-13-21(33)16-22(34)17-25(35)38-29(3,4)5)26(19-9-11-20(30)12-10-19)24-8-7-15-32(28(24)31-27)39(6,36)37/h11-16,20,23-24H,9-10,17-19H2,1-8H3;9-14,18,21-22,33-34H,7-8,15-17H2,1-6H3/p+1/b16-15+;14-13+/t23-,24-;21-,22-/m11/s1. The van der Waals surface area contributed by atoms with Crippen molar-refractivity contribution in [1.29, 1.82) is 0 Å². The van der Waals surface area contributed by atoms with Crippen molar-refractivity contribution in [3.8, 4) is 22.3 Å². The third-order valence-corrected chi connectivity index (χ3v) is 15.7. The molecule has 0 radical (unpaired) electrons. The summed E-state index contributed by atoms with van der Waals surface area (Å²) in [7, 11) is -7.12. The van der Waals surface area contributed by atoms with Gasteiger partial charge in [-0.15, -0.1) is 0 Å². The van der Waals surface area contributed by atoms with Crippen LogP contribution >= 0.6 is 0 Å². The Labute approximate surface area is 479 Å². The van der Waals surface area contributed by atoms with E-state index in [2.05, 4.69) is 0 Å². The Morgan fingerprint density at radius 2 is 1.16 bits per heavy atom. The number of aliphatic hydroxyl groups excluding tert-OH is 2. The number of esters is 2. The van der Waals surface area contributed by atoms with Crippen LogP contribution in [0.25, 0.3) is 34.4 Å². The van der Waals surface area contributed by atoms with E-state index in [4.69, 9.17) is 28.9 Å². The summed E-state index contributed by atoms with van der Waals surface area (Å²) in [4.78, 5) is 34.4. The molecule has 0 bridgehead atoms. The zero-order chi connectivity index (χ0) is 60.2. The monoisotopic (exact) mass is 1170 g/mol. The average molecular weight is 1170 g/mol. The van der Waals surface area contributed by atoms with Crippen molar-refractivity contribution >= 4 is 55.8 Å². The molecule has 0 aliphatic carbocycles. The van der Waals surface area contributed by atoms with Crippen molar-refractivity contribution in [2.45, 2.75) is 188 Å². The van der Waals surface area contributed by atoms with Gasteiger partial charge < -0.3 is 29.2 Å². The number of halogens is 2. The Morgan fingerprint density at radius 3 is 1.58 bits per heavy atom. The highest BCUT2D eigenvalue weighted by molar-refractivity contribution is 7.92. The maximum Gasteiger partial charge on any atom is 1.00 e. The van der Waals surface area contributed by atoms with Crippen molar-refractivity contribution < 1.29 is 65.8 Å². The van der Waals surface area contributed by atoms with Crippen LogP contribution in [0.15, 0.2) is 60.7 Å². The molecule has 0 spiro atoms. The number of pyridine rings is 2. The number of nitrogens with zero attached hydrogens (tertiary/aromatic N) is 4. The SMILES string of the molecule is CC(C)c1nc2c(c(-c3ccc(F)cc3)c1/C=C/[C@@H](O)C[C@@H](O)CC(=O)OC(C)(C)C)CCCN2S(C)(=O)=O.CC(C)c1nc2c(c(-c3ccc(F)cc3)c1/C=C/[C@@H]1C[C@H](CC(=O)OC(C)(C)C)OC(C)(C)O1)CCCN2S(C)(=O)=O.[H+]. The largest absolute Gasteiger partial charge is 1.00 e. The fourth-order valence-electron chi connectivity index (χ4n) is 10.3. The summed E-state index contributed by atoms with van der Waals surface area (Å²) in [6, 6.07) is 12.3. The van der Waals surface area contributed by atoms with Gasteiger partial charge in [0.15, 0.2) is 5.79 Å². The van der Waals surface area contributed by atoms with Crippen LogP contribution < -0.4 is 8.61 Å². The molecule has 1 saturated heterocycles. The van der Waals surface area contributed by atoms with Gasteiger partial charge >= 0.3 is 13.4 Å². The minimum Gasteiger partial charge on any atom is -0.460 e. The van der Waals surface area contributed by atoms with E-state index in [-0.39, 0.29) is 50.4 Å². The van der Waals surface area contributed by atoms with Gasteiger partial charge in [-0.3, -0.25) is 18.2 Å². The molecule has 444 valence electrons. The minimum absolute atomic E-state index is 0. The molecule has 16 nitrogen and oxygen atoms in total. The Balaban J connectivity index is 0.000000298. The predicted octanol–water partition coefficient (Wildman–Crippen LogP) is 11.1. The zero-order valence-electron chi connectivity index (χ0n) is 50.3. The molecule has 0 unspecified atom stereocenters. The molecule has 2 aromatic heterocycles. The van der Waals surface area contributed by atoms with Crippen LogP contribution in [0.2, 0.25) is 0 Å². The van der Waals surface area contributed by atoms with Crippen molar-refractivity contribution in [1.82, 2.24) is 9.97 Å².